The second kappa shape index (κ2) is 14.3. The molecule has 0 spiro atoms. The lowest BCUT2D eigenvalue weighted by molar-refractivity contribution is -0.135. The Hall–Kier alpha value is -3.09. The van der Waals surface area contributed by atoms with Gasteiger partial charge in [-0.2, -0.15) is 0 Å². The molecular weight excluding hydrogens is 510 g/mol. The molecule has 1 aliphatic carbocycles. The van der Waals surface area contributed by atoms with Gasteiger partial charge in [0.2, 0.25) is 5.91 Å². The summed E-state index contributed by atoms with van der Waals surface area (Å²) in [5, 5.41) is 0.733. The number of aromatic nitrogens is 1. The SMILES string of the molecule is CCc1ccc(C(=O)N(CCOC)CC(=O)N(Cc2cccn2Cc2ccccc2Cl)C2CCCCC2)cc1. The number of aryl methyl sites for hydroxylation is 1. The number of nitrogens with zero attached hydrogens (tertiary/aromatic N) is 3. The summed E-state index contributed by atoms with van der Waals surface area (Å²) in [5.74, 6) is -0.171. The number of carbonyl (C=O) groups is 2. The van der Waals surface area contributed by atoms with Gasteiger partial charge in [-0.1, -0.05) is 68.1 Å². The molecule has 6 nitrogen and oxygen atoms in total. The minimum absolute atomic E-state index is 0.0259. The lowest BCUT2D eigenvalue weighted by Gasteiger charge is -2.36. The Bertz CT molecular complexity index is 1220. The first-order chi connectivity index (χ1) is 19.0. The minimum Gasteiger partial charge on any atom is -0.383 e. The molecule has 0 bridgehead atoms. The zero-order valence-electron chi connectivity index (χ0n) is 23.2. The van der Waals surface area contributed by atoms with E-state index in [2.05, 4.69) is 17.6 Å². The standard InChI is InChI=1S/C32H40ClN3O3/c1-3-25-15-17-26(18-16-25)32(38)35(20-21-39-2)24-31(37)36(28-11-5-4-6-12-28)23-29-13-9-19-34(29)22-27-10-7-8-14-30(27)33/h7-10,13-19,28H,3-6,11-12,20-24H2,1-2H3. The van der Waals surface area contributed by atoms with E-state index in [0.717, 1.165) is 48.4 Å². The maximum atomic E-state index is 14.0. The maximum Gasteiger partial charge on any atom is 0.254 e. The highest BCUT2D eigenvalue weighted by atomic mass is 35.5. The van der Waals surface area contributed by atoms with Crippen LogP contribution < -0.4 is 0 Å². The number of ether oxygens (including phenoxy) is 1. The molecule has 2 amide bonds. The molecule has 2 aromatic carbocycles. The van der Waals surface area contributed by atoms with Crippen LogP contribution in [0, 0.1) is 0 Å². The number of amides is 2. The van der Waals surface area contributed by atoms with Crippen LogP contribution in [0.4, 0.5) is 0 Å². The molecule has 1 saturated carbocycles. The molecule has 39 heavy (non-hydrogen) atoms. The summed E-state index contributed by atoms with van der Waals surface area (Å²) >= 11 is 6.44. The quantitative estimate of drug-likeness (QED) is 0.270. The van der Waals surface area contributed by atoms with Crippen molar-refractivity contribution in [3.05, 3.63) is 94.3 Å². The fourth-order valence-corrected chi connectivity index (χ4v) is 5.51. The Labute approximate surface area is 237 Å². The van der Waals surface area contributed by atoms with E-state index in [1.165, 1.54) is 12.0 Å². The van der Waals surface area contributed by atoms with E-state index in [1.807, 2.05) is 65.7 Å². The lowest BCUT2D eigenvalue weighted by atomic mass is 9.94. The van der Waals surface area contributed by atoms with Crippen molar-refractivity contribution in [1.82, 2.24) is 14.4 Å². The summed E-state index contributed by atoms with van der Waals surface area (Å²) in [6, 6.07) is 19.8. The first-order valence-electron chi connectivity index (χ1n) is 14.0. The fourth-order valence-electron chi connectivity index (χ4n) is 5.32. The number of methoxy groups -OCH3 is 1. The number of benzene rings is 2. The Morgan fingerprint density at radius 3 is 2.44 bits per heavy atom. The van der Waals surface area contributed by atoms with Gasteiger partial charge in [0.15, 0.2) is 0 Å². The third kappa shape index (κ3) is 7.74. The van der Waals surface area contributed by atoms with Gasteiger partial charge in [-0.15, -0.1) is 0 Å². The Morgan fingerprint density at radius 1 is 1.00 bits per heavy atom. The molecule has 0 saturated heterocycles. The second-order valence-electron chi connectivity index (χ2n) is 10.3. The van der Waals surface area contributed by atoms with E-state index in [4.69, 9.17) is 16.3 Å². The van der Waals surface area contributed by atoms with E-state index in [9.17, 15) is 9.59 Å². The van der Waals surface area contributed by atoms with Crippen LogP contribution in [-0.2, 0) is 29.0 Å². The highest BCUT2D eigenvalue weighted by molar-refractivity contribution is 6.31. The van der Waals surface area contributed by atoms with Crippen LogP contribution in [0.2, 0.25) is 5.02 Å². The van der Waals surface area contributed by atoms with Gasteiger partial charge < -0.3 is 19.1 Å². The van der Waals surface area contributed by atoms with Gasteiger partial charge in [0.05, 0.1) is 13.2 Å². The van der Waals surface area contributed by atoms with Crippen LogP contribution in [0.5, 0.6) is 0 Å². The highest BCUT2D eigenvalue weighted by Crippen LogP contribution is 2.26. The molecule has 208 valence electrons. The summed E-state index contributed by atoms with van der Waals surface area (Å²) in [5.41, 5.74) is 3.86. The molecule has 1 aromatic heterocycles. The number of hydrogen-bond acceptors (Lipinski definition) is 3. The van der Waals surface area contributed by atoms with Gasteiger partial charge >= 0.3 is 0 Å². The van der Waals surface area contributed by atoms with E-state index >= 15 is 0 Å². The van der Waals surface area contributed by atoms with Gasteiger partial charge in [0.25, 0.3) is 5.91 Å². The average Bonchev–Trinajstić information content (AvgIpc) is 3.41. The van der Waals surface area contributed by atoms with Gasteiger partial charge in [-0.05, 0) is 60.7 Å². The van der Waals surface area contributed by atoms with Crippen molar-refractivity contribution in [2.75, 3.05) is 26.8 Å². The van der Waals surface area contributed by atoms with Crippen molar-refractivity contribution in [3.8, 4) is 0 Å². The lowest BCUT2D eigenvalue weighted by Crippen LogP contribution is -2.48. The van der Waals surface area contributed by atoms with Crippen LogP contribution in [0.1, 0.15) is 66.2 Å². The average molecular weight is 550 g/mol. The van der Waals surface area contributed by atoms with Crippen molar-refractivity contribution in [2.45, 2.75) is 64.6 Å². The molecule has 0 N–H and O–H groups in total. The Kier molecular flexibility index (Phi) is 10.6. The molecule has 4 rings (SSSR count). The second-order valence-corrected chi connectivity index (χ2v) is 10.7. The first kappa shape index (κ1) is 28.9. The molecule has 1 fully saturated rings. The van der Waals surface area contributed by atoms with Crippen LogP contribution in [0.15, 0.2) is 66.9 Å². The molecule has 0 atom stereocenters. The summed E-state index contributed by atoms with van der Waals surface area (Å²) < 4.78 is 7.45. The van der Waals surface area contributed by atoms with E-state index in [1.54, 1.807) is 12.0 Å². The van der Waals surface area contributed by atoms with Crippen molar-refractivity contribution in [2.24, 2.45) is 0 Å². The van der Waals surface area contributed by atoms with Crippen molar-refractivity contribution >= 4 is 23.4 Å². The van der Waals surface area contributed by atoms with Crippen LogP contribution in [-0.4, -0.2) is 59.0 Å². The molecule has 1 heterocycles. The van der Waals surface area contributed by atoms with E-state index in [-0.39, 0.29) is 24.4 Å². The fraction of sp³-hybridized carbons (Fsp3) is 0.438. The summed E-state index contributed by atoms with van der Waals surface area (Å²) in [6.07, 6.45) is 8.36. The summed E-state index contributed by atoms with van der Waals surface area (Å²) in [4.78, 5) is 31.1. The third-order valence-electron chi connectivity index (χ3n) is 7.68. The van der Waals surface area contributed by atoms with Gasteiger partial charge in [-0.3, -0.25) is 9.59 Å². The molecule has 0 radical (unpaired) electrons. The molecule has 1 aliphatic rings. The summed E-state index contributed by atoms with van der Waals surface area (Å²) in [6.45, 7) is 3.98. The largest absolute Gasteiger partial charge is 0.383 e. The van der Waals surface area contributed by atoms with Crippen molar-refractivity contribution in [3.63, 3.8) is 0 Å². The van der Waals surface area contributed by atoms with E-state index < -0.39 is 0 Å². The minimum atomic E-state index is -0.145. The number of hydrogen-bond donors (Lipinski definition) is 0. The number of carbonyl (C=O) groups excluding carboxylic acids is 2. The monoisotopic (exact) mass is 549 g/mol. The van der Waals surface area contributed by atoms with Crippen LogP contribution >= 0.6 is 11.6 Å². The first-order valence-corrected chi connectivity index (χ1v) is 14.4. The van der Waals surface area contributed by atoms with Crippen molar-refractivity contribution in [1.29, 1.82) is 0 Å². The van der Waals surface area contributed by atoms with Crippen LogP contribution in [0.25, 0.3) is 0 Å². The van der Waals surface area contributed by atoms with Gasteiger partial charge in [0, 0.05) is 48.7 Å². The summed E-state index contributed by atoms with van der Waals surface area (Å²) in [7, 11) is 1.61. The Balaban J connectivity index is 1.54. The zero-order chi connectivity index (χ0) is 27.6. The normalized spacial score (nSPS) is 13.8. The Morgan fingerprint density at radius 2 is 1.74 bits per heavy atom. The topological polar surface area (TPSA) is 54.8 Å². The molecule has 0 aliphatic heterocycles. The van der Waals surface area contributed by atoms with Crippen LogP contribution in [0.3, 0.4) is 0 Å². The maximum absolute atomic E-state index is 14.0. The predicted octanol–water partition coefficient (Wildman–Crippen LogP) is 6.20. The number of rotatable bonds is 12. The third-order valence-corrected chi connectivity index (χ3v) is 8.05. The van der Waals surface area contributed by atoms with Gasteiger partial charge in [-0.25, -0.2) is 0 Å². The van der Waals surface area contributed by atoms with Crippen molar-refractivity contribution < 1.29 is 14.3 Å². The molecule has 3 aromatic rings. The smallest absolute Gasteiger partial charge is 0.254 e. The molecule has 0 unspecified atom stereocenters. The number of halogens is 1. The van der Waals surface area contributed by atoms with E-state index in [0.29, 0.717) is 31.8 Å². The predicted molar refractivity (Wildman–Crippen MR) is 156 cm³/mol. The zero-order valence-corrected chi connectivity index (χ0v) is 23.9. The molecular formula is C32H40ClN3O3. The van der Waals surface area contributed by atoms with Gasteiger partial charge in [0.1, 0.15) is 6.54 Å². The highest BCUT2D eigenvalue weighted by Gasteiger charge is 2.29. The molecule has 7 heteroatoms.